The Labute approximate surface area is 132 Å². The van der Waals surface area contributed by atoms with Gasteiger partial charge in [-0.25, -0.2) is 4.79 Å². The van der Waals surface area contributed by atoms with Crippen molar-refractivity contribution >= 4 is 29.2 Å². The third-order valence-corrected chi connectivity index (χ3v) is 4.09. The van der Waals surface area contributed by atoms with E-state index >= 15 is 0 Å². The van der Waals surface area contributed by atoms with Crippen molar-refractivity contribution < 1.29 is 14.1 Å². The second kappa shape index (κ2) is 5.70. The predicted molar refractivity (Wildman–Crippen MR) is 79.3 cm³/mol. The normalized spacial score (nSPS) is 14.2. The number of aryl methyl sites for hydroxylation is 1. The van der Waals surface area contributed by atoms with Crippen LogP contribution in [0.15, 0.2) is 22.9 Å². The summed E-state index contributed by atoms with van der Waals surface area (Å²) in [7, 11) is 0. The van der Waals surface area contributed by atoms with E-state index in [4.69, 9.17) is 32.5 Å². The van der Waals surface area contributed by atoms with Crippen molar-refractivity contribution in [3.8, 4) is 5.75 Å². The summed E-state index contributed by atoms with van der Waals surface area (Å²) in [6, 6.07) is 3.37. The molecule has 2 aromatic rings. The van der Waals surface area contributed by atoms with Crippen LogP contribution in [0.1, 0.15) is 47.3 Å². The van der Waals surface area contributed by atoms with Gasteiger partial charge in [-0.3, -0.25) is 0 Å². The highest BCUT2D eigenvalue weighted by Crippen LogP contribution is 2.46. The lowest BCUT2D eigenvalue weighted by atomic mass is 10.1. The Hall–Kier alpha value is -1.52. The third kappa shape index (κ3) is 2.92. The molecule has 0 aliphatic heterocycles. The molecule has 0 saturated heterocycles. The number of benzene rings is 1. The topological polar surface area (TPSA) is 52.3 Å². The Bertz CT molecular complexity index is 692. The second-order valence-electron chi connectivity index (χ2n) is 5.00. The molecule has 0 spiro atoms. The summed E-state index contributed by atoms with van der Waals surface area (Å²) in [5.41, 5.74) is 1.86. The molecule has 4 nitrogen and oxygen atoms in total. The van der Waals surface area contributed by atoms with Gasteiger partial charge >= 0.3 is 5.97 Å². The number of hydrogen-bond acceptors (Lipinski definition) is 4. The molecule has 3 rings (SSSR count). The molecule has 0 N–H and O–H groups in total. The lowest BCUT2D eigenvalue weighted by Crippen LogP contribution is -2.10. The number of halogens is 2. The first kappa shape index (κ1) is 14.4. The van der Waals surface area contributed by atoms with Crippen molar-refractivity contribution in [1.82, 2.24) is 5.16 Å². The summed E-state index contributed by atoms with van der Waals surface area (Å²) < 4.78 is 10.2. The van der Waals surface area contributed by atoms with E-state index in [2.05, 4.69) is 5.16 Å². The molecule has 1 aromatic heterocycles. The van der Waals surface area contributed by atoms with Gasteiger partial charge in [-0.15, -0.1) is 0 Å². The molecule has 1 aliphatic carbocycles. The molecule has 0 unspecified atom stereocenters. The molecule has 1 saturated carbocycles. The number of esters is 1. The number of rotatable bonds is 4. The maximum absolute atomic E-state index is 12.2. The second-order valence-corrected chi connectivity index (χ2v) is 5.81. The first-order chi connectivity index (χ1) is 10.1. The number of ether oxygens (including phenoxy) is 1. The van der Waals surface area contributed by atoms with Gasteiger partial charge < -0.3 is 9.26 Å². The lowest BCUT2D eigenvalue weighted by Gasteiger charge is -2.09. The van der Waals surface area contributed by atoms with Gasteiger partial charge in [0.25, 0.3) is 0 Å². The van der Waals surface area contributed by atoms with Gasteiger partial charge in [0.05, 0.1) is 10.7 Å². The van der Waals surface area contributed by atoms with E-state index in [-0.39, 0.29) is 0 Å². The number of carbonyl (C=O) groups is 1. The number of nitrogens with zero attached hydrogens (tertiary/aromatic N) is 1. The first-order valence-corrected chi connectivity index (χ1v) is 7.50. The zero-order chi connectivity index (χ0) is 15.0. The molecule has 0 amide bonds. The van der Waals surface area contributed by atoms with Crippen LogP contribution in [0, 0.1) is 0 Å². The van der Waals surface area contributed by atoms with Crippen LogP contribution < -0.4 is 4.74 Å². The SMILES string of the molecule is CCc1nocc1C(=O)Oc1cc(C2CC2)c(Cl)cc1Cl. The van der Waals surface area contributed by atoms with Crippen LogP contribution in [-0.4, -0.2) is 11.1 Å². The Balaban J connectivity index is 1.87. The summed E-state index contributed by atoms with van der Waals surface area (Å²) >= 11 is 12.3. The van der Waals surface area contributed by atoms with Crippen LogP contribution in [0.5, 0.6) is 5.75 Å². The van der Waals surface area contributed by atoms with E-state index in [1.54, 1.807) is 12.1 Å². The molecule has 6 heteroatoms. The molecule has 1 aliphatic rings. The molecule has 0 radical (unpaired) electrons. The van der Waals surface area contributed by atoms with Crippen molar-refractivity contribution in [3.05, 3.63) is 45.3 Å². The minimum atomic E-state index is -0.529. The van der Waals surface area contributed by atoms with Crippen LogP contribution in [0.3, 0.4) is 0 Å². The Morgan fingerprint density at radius 3 is 2.81 bits per heavy atom. The fraction of sp³-hybridized carbons (Fsp3) is 0.333. The summed E-state index contributed by atoms with van der Waals surface area (Å²) in [5, 5.41) is 4.68. The van der Waals surface area contributed by atoms with E-state index < -0.39 is 5.97 Å². The lowest BCUT2D eigenvalue weighted by molar-refractivity contribution is 0.0733. The number of carbonyl (C=O) groups excluding carboxylic acids is 1. The zero-order valence-corrected chi connectivity index (χ0v) is 12.9. The smallest absolute Gasteiger partial charge is 0.348 e. The predicted octanol–water partition coefficient (Wildman–Crippen LogP) is 4.64. The maximum Gasteiger partial charge on any atom is 0.348 e. The standard InChI is InChI=1S/C15H13Cl2NO3/c1-2-13-10(7-20-18-13)15(19)21-14-5-9(8-3-4-8)11(16)6-12(14)17/h5-8H,2-4H2,1H3. The van der Waals surface area contributed by atoms with Crippen molar-refractivity contribution in [3.63, 3.8) is 0 Å². The minimum Gasteiger partial charge on any atom is -0.421 e. The fourth-order valence-corrected chi connectivity index (χ4v) is 2.74. The molecular formula is C15H13Cl2NO3. The van der Waals surface area contributed by atoms with Crippen molar-refractivity contribution in [2.45, 2.75) is 32.1 Å². The van der Waals surface area contributed by atoms with Crippen molar-refractivity contribution in [2.75, 3.05) is 0 Å². The average Bonchev–Trinajstić information content (AvgIpc) is 3.17. The maximum atomic E-state index is 12.2. The Kier molecular flexibility index (Phi) is 3.91. The highest BCUT2D eigenvalue weighted by atomic mass is 35.5. The molecule has 1 aromatic carbocycles. The highest BCUT2D eigenvalue weighted by Gasteiger charge is 2.28. The molecule has 21 heavy (non-hydrogen) atoms. The van der Waals surface area contributed by atoms with E-state index in [1.807, 2.05) is 6.92 Å². The average molecular weight is 326 g/mol. The first-order valence-electron chi connectivity index (χ1n) is 6.74. The van der Waals surface area contributed by atoms with Crippen LogP contribution in [0.25, 0.3) is 0 Å². The van der Waals surface area contributed by atoms with Crippen LogP contribution in [0.2, 0.25) is 10.0 Å². The fourth-order valence-electron chi connectivity index (χ4n) is 2.17. The quantitative estimate of drug-likeness (QED) is 0.607. The van der Waals surface area contributed by atoms with E-state index in [0.717, 1.165) is 18.4 Å². The number of hydrogen-bond donors (Lipinski definition) is 0. The molecular weight excluding hydrogens is 313 g/mol. The summed E-state index contributed by atoms with van der Waals surface area (Å²) in [4.78, 5) is 12.2. The summed E-state index contributed by atoms with van der Waals surface area (Å²) in [6.45, 7) is 1.88. The molecule has 110 valence electrons. The van der Waals surface area contributed by atoms with Crippen LogP contribution >= 0.6 is 23.2 Å². The van der Waals surface area contributed by atoms with Crippen LogP contribution in [-0.2, 0) is 6.42 Å². The van der Waals surface area contributed by atoms with Gasteiger partial charge in [0.2, 0.25) is 0 Å². The van der Waals surface area contributed by atoms with Gasteiger partial charge in [0.15, 0.2) is 0 Å². The van der Waals surface area contributed by atoms with E-state index in [1.165, 1.54) is 6.26 Å². The summed E-state index contributed by atoms with van der Waals surface area (Å²) in [6.07, 6.45) is 4.07. The van der Waals surface area contributed by atoms with Gasteiger partial charge in [-0.05, 0) is 42.9 Å². The third-order valence-electron chi connectivity index (χ3n) is 3.47. The molecule has 1 heterocycles. The number of aromatic nitrogens is 1. The molecule has 0 atom stereocenters. The Morgan fingerprint density at radius 2 is 2.14 bits per heavy atom. The largest absolute Gasteiger partial charge is 0.421 e. The Morgan fingerprint density at radius 1 is 1.38 bits per heavy atom. The zero-order valence-electron chi connectivity index (χ0n) is 11.4. The molecule has 0 bridgehead atoms. The summed E-state index contributed by atoms with van der Waals surface area (Å²) in [5.74, 6) is 0.226. The minimum absolute atomic E-state index is 0.312. The monoisotopic (exact) mass is 325 g/mol. The highest BCUT2D eigenvalue weighted by molar-refractivity contribution is 6.36. The van der Waals surface area contributed by atoms with Gasteiger partial charge in [0, 0.05) is 5.02 Å². The van der Waals surface area contributed by atoms with Gasteiger partial charge in [-0.2, -0.15) is 0 Å². The molecule has 1 fully saturated rings. The van der Waals surface area contributed by atoms with Gasteiger partial charge in [-0.1, -0.05) is 35.3 Å². The van der Waals surface area contributed by atoms with Crippen LogP contribution in [0.4, 0.5) is 0 Å². The van der Waals surface area contributed by atoms with Gasteiger partial charge in [0.1, 0.15) is 17.6 Å². The van der Waals surface area contributed by atoms with E-state index in [0.29, 0.717) is 39.4 Å². The van der Waals surface area contributed by atoms with Crippen molar-refractivity contribution in [2.24, 2.45) is 0 Å². The van der Waals surface area contributed by atoms with E-state index in [9.17, 15) is 4.79 Å². The van der Waals surface area contributed by atoms with Crippen molar-refractivity contribution in [1.29, 1.82) is 0 Å².